The fourth-order valence-corrected chi connectivity index (χ4v) is 2.63. The van der Waals surface area contributed by atoms with Gasteiger partial charge in [0, 0.05) is 26.0 Å². The molecule has 2 rings (SSSR count). The maximum Gasteiger partial charge on any atom is 0.226 e. The third-order valence-electron chi connectivity index (χ3n) is 4.18. The molecule has 24 heavy (non-hydrogen) atoms. The number of pyridine rings is 1. The molecule has 0 aliphatic carbocycles. The van der Waals surface area contributed by atoms with Gasteiger partial charge in [-0.05, 0) is 47.2 Å². The van der Waals surface area contributed by atoms with Crippen LogP contribution in [0, 0.1) is 0 Å². The average Bonchev–Trinajstić information content (AvgIpc) is 2.60. The molecular weight excluding hydrogens is 300 g/mol. The van der Waals surface area contributed by atoms with E-state index in [0.717, 1.165) is 23.3 Å². The zero-order valence-corrected chi connectivity index (χ0v) is 15.0. The van der Waals surface area contributed by atoms with E-state index in [1.54, 1.807) is 24.4 Å². The van der Waals surface area contributed by atoms with Crippen LogP contribution in [0.15, 0.2) is 42.7 Å². The molecule has 1 aromatic heterocycles. The first-order valence-corrected chi connectivity index (χ1v) is 8.31. The monoisotopic (exact) mass is 326 g/mol. The van der Waals surface area contributed by atoms with Gasteiger partial charge in [0.25, 0.3) is 0 Å². The third kappa shape index (κ3) is 4.82. The highest BCUT2D eigenvalue weighted by molar-refractivity contribution is 5.78. The summed E-state index contributed by atoms with van der Waals surface area (Å²) in [6.45, 7) is 4.96. The fraction of sp³-hybridized carbons (Fsp3) is 0.400. The van der Waals surface area contributed by atoms with Crippen LogP contribution >= 0.6 is 0 Å². The first-order valence-electron chi connectivity index (χ1n) is 8.31. The highest BCUT2D eigenvalue weighted by Crippen LogP contribution is 2.27. The second kappa shape index (κ2) is 8.48. The van der Waals surface area contributed by atoms with Crippen molar-refractivity contribution in [1.29, 1.82) is 0 Å². The van der Waals surface area contributed by atoms with E-state index >= 15 is 0 Å². The number of benzene rings is 1. The van der Waals surface area contributed by atoms with Gasteiger partial charge < -0.3 is 9.64 Å². The van der Waals surface area contributed by atoms with E-state index in [1.165, 1.54) is 5.56 Å². The molecule has 4 nitrogen and oxygen atoms in total. The molecule has 0 N–H and O–H groups in total. The van der Waals surface area contributed by atoms with Crippen LogP contribution in [0.5, 0.6) is 5.75 Å². The summed E-state index contributed by atoms with van der Waals surface area (Å²) in [7, 11) is 3.54. The normalized spacial score (nSPS) is 10.7. The van der Waals surface area contributed by atoms with Crippen LogP contribution in [0.25, 0.3) is 0 Å². The van der Waals surface area contributed by atoms with Crippen molar-refractivity contribution < 1.29 is 9.53 Å². The van der Waals surface area contributed by atoms with E-state index in [9.17, 15) is 4.79 Å². The molecule has 1 heterocycles. The van der Waals surface area contributed by atoms with Crippen LogP contribution in [0.1, 0.15) is 36.5 Å². The molecule has 0 atom stereocenters. The summed E-state index contributed by atoms with van der Waals surface area (Å²) in [5, 5.41) is 0. The number of likely N-dealkylation sites (N-methyl/N-ethyl adjacent to an activating group) is 1. The minimum atomic E-state index is 0.129. The lowest BCUT2D eigenvalue weighted by molar-refractivity contribution is -0.129. The van der Waals surface area contributed by atoms with Gasteiger partial charge in [-0.15, -0.1) is 0 Å². The van der Waals surface area contributed by atoms with Gasteiger partial charge in [0.2, 0.25) is 5.91 Å². The van der Waals surface area contributed by atoms with Crippen molar-refractivity contribution in [1.82, 2.24) is 9.88 Å². The van der Waals surface area contributed by atoms with Gasteiger partial charge in [0.05, 0.1) is 13.5 Å². The van der Waals surface area contributed by atoms with Crippen LogP contribution in [0.2, 0.25) is 0 Å². The molecule has 0 fully saturated rings. The Balaban J connectivity index is 1.97. The van der Waals surface area contributed by atoms with Crippen molar-refractivity contribution in [3.63, 3.8) is 0 Å². The predicted octanol–water partition coefficient (Wildman–Crippen LogP) is 3.46. The molecule has 0 aliphatic rings. The van der Waals surface area contributed by atoms with E-state index in [-0.39, 0.29) is 5.91 Å². The number of ether oxygens (including phenoxy) is 1. The van der Waals surface area contributed by atoms with E-state index in [4.69, 9.17) is 4.74 Å². The van der Waals surface area contributed by atoms with Crippen molar-refractivity contribution >= 4 is 5.91 Å². The zero-order chi connectivity index (χ0) is 17.5. The lowest BCUT2D eigenvalue weighted by atomic mass is 9.98. The summed E-state index contributed by atoms with van der Waals surface area (Å²) in [5.41, 5.74) is 3.36. The minimum absolute atomic E-state index is 0.129. The molecule has 0 unspecified atom stereocenters. The van der Waals surface area contributed by atoms with Gasteiger partial charge >= 0.3 is 0 Å². The zero-order valence-electron chi connectivity index (χ0n) is 15.0. The fourth-order valence-electron chi connectivity index (χ4n) is 2.63. The summed E-state index contributed by atoms with van der Waals surface area (Å²) in [6.07, 6.45) is 4.81. The Labute approximate surface area is 144 Å². The molecule has 0 radical (unpaired) electrons. The smallest absolute Gasteiger partial charge is 0.226 e. The van der Waals surface area contributed by atoms with Gasteiger partial charge in [-0.3, -0.25) is 9.78 Å². The molecule has 0 aliphatic heterocycles. The van der Waals surface area contributed by atoms with Crippen molar-refractivity contribution in [2.45, 2.75) is 32.6 Å². The van der Waals surface area contributed by atoms with Crippen molar-refractivity contribution in [2.24, 2.45) is 0 Å². The Kier molecular flexibility index (Phi) is 6.36. The van der Waals surface area contributed by atoms with Gasteiger partial charge in [-0.1, -0.05) is 26.0 Å². The third-order valence-corrected chi connectivity index (χ3v) is 4.18. The first kappa shape index (κ1) is 18.0. The van der Waals surface area contributed by atoms with Gasteiger partial charge in [-0.25, -0.2) is 0 Å². The number of amides is 1. The quantitative estimate of drug-likeness (QED) is 0.782. The molecule has 0 spiro atoms. The highest BCUT2D eigenvalue weighted by Gasteiger charge is 2.13. The second-order valence-electron chi connectivity index (χ2n) is 6.33. The Morgan fingerprint density at radius 3 is 2.50 bits per heavy atom. The number of rotatable bonds is 7. The van der Waals surface area contributed by atoms with E-state index in [0.29, 0.717) is 18.9 Å². The van der Waals surface area contributed by atoms with Crippen LogP contribution in [-0.4, -0.2) is 36.5 Å². The molecule has 2 aromatic rings. The molecule has 128 valence electrons. The first-order chi connectivity index (χ1) is 11.5. The summed E-state index contributed by atoms with van der Waals surface area (Å²) < 4.78 is 5.40. The van der Waals surface area contributed by atoms with E-state index in [1.807, 2.05) is 31.3 Å². The van der Waals surface area contributed by atoms with Gasteiger partial charge in [0.1, 0.15) is 5.75 Å². The van der Waals surface area contributed by atoms with Crippen LogP contribution in [0.3, 0.4) is 0 Å². The second-order valence-corrected chi connectivity index (χ2v) is 6.33. The van der Waals surface area contributed by atoms with Crippen LogP contribution < -0.4 is 4.74 Å². The lowest BCUT2D eigenvalue weighted by Crippen LogP contribution is -2.30. The molecule has 4 heteroatoms. The van der Waals surface area contributed by atoms with Crippen molar-refractivity contribution in [3.05, 3.63) is 59.4 Å². The SMILES string of the molecule is COc1ccc(CC(=O)N(C)CCc2ccncc2)cc1C(C)C. The molecule has 0 saturated carbocycles. The molecular formula is C20H26N2O2. The molecule has 0 bridgehead atoms. The number of hydrogen-bond acceptors (Lipinski definition) is 3. The Morgan fingerprint density at radius 1 is 1.17 bits per heavy atom. The average molecular weight is 326 g/mol. The Morgan fingerprint density at radius 2 is 1.88 bits per heavy atom. The van der Waals surface area contributed by atoms with Gasteiger partial charge in [0.15, 0.2) is 0 Å². The lowest BCUT2D eigenvalue weighted by Gasteiger charge is -2.18. The summed E-state index contributed by atoms with van der Waals surface area (Å²) in [4.78, 5) is 18.3. The molecule has 0 saturated heterocycles. The largest absolute Gasteiger partial charge is 0.496 e. The summed E-state index contributed by atoms with van der Waals surface area (Å²) >= 11 is 0. The minimum Gasteiger partial charge on any atom is -0.496 e. The maximum absolute atomic E-state index is 12.5. The van der Waals surface area contributed by atoms with E-state index in [2.05, 4.69) is 24.9 Å². The van der Waals surface area contributed by atoms with Crippen molar-refractivity contribution in [2.75, 3.05) is 20.7 Å². The Bertz CT molecular complexity index is 669. The highest BCUT2D eigenvalue weighted by atomic mass is 16.5. The van der Waals surface area contributed by atoms with Crippen molar-refractivity contribution in [3.8, 4) is 5.75 Å². The van der Waals surface area contributed by atoms with E-state index < -0.39 is 0 Å². The number of aromatic nitrogens is 1. The Hall–Kier alpha value is -2.36. The predicted molar refractivity (Wildman–Crippen MR) is 96.4 cm³/mol. The number of carbonyl (C=O) groups is 1. The summed E-state index contributed by atoms with van der Waals surface area (Å²) in [5.74, 6) is 1.37. The number of carbonyl (C=O) groups excluding carboxylic acids is 1. The van der Waals surface area contributed by atoms with Crippen LogP contribution in [-0.2, 0) is 17.6 Å². The van der Waals surface area contributed by atoms with Gasteiger partial charge in [-0.2, -0.15) is 0 Å². The number of hydrogen-bond donors (Lipinski definition) is 0. The molecule has 1 amide bonds. The molecule has 1 aromatic carbocycles. The number of nitrogens with zero attached hydrogens (tertiary/aromatic N) is 2. The standard InChI is InChI=1S/C20H26N2O2/c1-15(2)18-13-17(5-6-19(18)24-4)14-20(23)22(3)12-9-16-7-10-21-11-8-16/h5-8,10-11,13,15H,9,12,14H2,1-4H3. The number of methoxy groups -OCH3 is 1. The maximum atomic E-state index is 12.5. The van der Waals surface area contributed by atoms with Crippen LogP contribution in [0.4, 0.5) is 0 Å². The summed E-state index contributed by atoms with van der Waals surface area (Å²) in [6, 6.07) is 9.97. The topological polar surface area (TPSA) is 42.4 Å².